The Morgan fingerprint density at radius 1 is 0.541 bits per heavy atom. The van der Waals surface area contributed by atoms with Gasteiger partial charge in [0.25, 0.3) is 0 Å². The van der Waals surface area contributed by atoms with Crippen LogP contribution in [-0.4, -0.2) is 24.8 Å². The van der Waals surface area contributed by atoms with Gasteiger partial charge < -0.3 is 9.47 Å². The van der Waals surface area contributed by atoms with Crippen LogP contribution in [0.4, 0.5) is 0 Å². The molecule has 0 N–H and O–H groups in total. The highest BCUT2D eigenvalue weighted by atomic mass is 16.5. The maximum Gasteiger partial charge on any atom is 0.196 e. The molecule has 4 heteroatoms. The van der Waals surface area contributed by atoms with Crippen molar-refractivity contribution in [2.75, 3.05) is 13.2 Å². The zero-order valence-corrected chi connectivity index (χ0v) is 21.5. The average molecular weight is 495 g/mol. The van der Waals surface area contributed by atoms with E-state index in [0.29, 0.717) is 24.3 Å². The first-order valence-electron chi connectivity index (χ1n) is 12.7. The molecule has 0 spiro atoms. The fourth-order valence-corrected chi connectivity index (χ4v) is 3.81. The van der Waals surface area contributed by atoms with E-state index in [1.165, 1.54) is 0 Å². The molecule has 0 bridgehead atoms. The first-order chi connectivity index (χ1) is 18.2. The Hall–Kier alpha value is -3.86. The van der Waals surface area contributed by atoms with Crippen molar-refractivity contribution in [2.24, 2.45) is 0 Å². The maximum absolute atomic E-state index is 12.5. The number of ether oxygens (including phenoxy) is 2. The van der Waals surface area contributed by atoms with Crippen LogP contribution in [0.25, 0.3) is 0 Å². The molecule has 0 aliphatic heterocycles. The molecule has 2 atom stereocenters. The first kappa shape index (κ1) is 27.7. The zero-order chi connectivity index (χ0) is 26.3. The topological polar surface area (TPSA) is 52.6 Å². The summed E-state index contributed by atoms with van der Waals surface area (Å²) >= 11 is 0. The van der Waals surface area contributed by atoms with Gasteiger partial charge in [0.15, 0.2) is 11.6 Å². The van der Waals surface area contributed by atoms with Crippen molar-refractivity contribution in [1.29, 1.82) is 0 Å². The molecule has 0 saturated heterocycles. The predicted molar refractivity (Wildman–Crippen MR) is 148 cm³/mol. The van der Waals surface area contributed by atoms with Crippen molar-refractivity contribution in [3.05, 3.63) is 144 Å². The minimum Gasteiger partial charge on any atom is -0.366 e. The van der Waals surface area contributed by atoms with Crippen LogP contribution in [0, 0.1) is 0 Å². The van der Waals surface area contributed by atoms with Crippen LogP contribution in [0.5, 0.6) is 0 Å². The van der Waals surface area contributed by atoms with Crippen molar-refractivity contribution in [3.63, 3.8) is 0 Å². The summed E-state index contributed by atoms with van der Waals surface area (Å²) in [5, 5.41) is 0. The van der Waals surface area contributed by atoms with Gasteiger partial charge in [-0.3, -0.25) is 9.59 Å². The number of hydrogen-bond donors (Lipinski definition) is 0. The minimum atomic E-state index is -0.515. The van der Waals surface area contributed by atoms with Gasteiger partial charge >= 0.3 is 0 Å². The summed E-state index contributed by atoms with van der Waals surface area (Å²) in [6.45, 7) is 5.03. The third-order valence-corrected chi connectivity index (χ3v) is 5.62. The molecule has 0 fully saturated rings. The Balaban J connectivity index is 0.000000206. The Morgan fingerprint density at radius 2 is 0.892 bits per heavy atom. The van der Waals surface area contributed by atoms with Gasteiger partial charge in [0, 0.05) is 24.3 Å². The lowest BCUT2D eigenvalue weighted by Gasteiger charge is -2.17. The Kier molecular flexibility index (Phi) is 11.5. The van der Waals surface area contributed by atoms with E-state index in [1.54, 1.807) is 0 Å². The Morgan fingerprint density at radius 3 is 1.24 bits per heavy atom. The van der Waals surface area contributed by atoms with E-state index in [4.69, 9.17) is 9.47 Å². The van der Waals surface area contributed by atoms with Gasteiger partial charge in [0.05, 0.1) is 0 Å². The number of hydrogen-bond acceptors (Lipinski definition) is 4. The average Bonchev–Trinajstić information content (AvgIpc) is 2.98. The fraction of sp³-hybridized carbons (Fsp3) is 0.212. The van der Waals surface area contributed by atoms with Crippen LogP contribution in [0.1, 0.15) is 64.3 Å². The SMILES string of the molecule is CCCOC(C(=O)c1ccccc1)c1ccccc1.CCOC(C(=O)c1ccccc1)c1ccccc1. The number of benzene rings is 4. The normalized spacial score (nSPS) is 12.1. The van der Waals surface area contributed by atoms with E-state index in [-0.39, 0.29) is 11.6 Å². The molecule has 37 heavy (non-hydrogen) atoms. The molecule has 0 aromatic heterocycles. The Labute approximate surface area is 219 Å². The van der Waals surface area contributed by atoms with Gasteiger partial charge in [-0.2, -0.15) is 0 Å². The lowest BCUT2D eigenvalue weighted by Crippen LogP contribution is -2.17. The van der Waals surface area contributed by atoms with Gasteiger partial charge in [-0.05, 0) is 24.5 Å². The fourth-order valence-electron chi connectivity index (χ4n) is 3.81. The third kappa shape index (κ3) is 8.35. The monoisotopic (exact) mass is 494 g/mol. The smallest absolute Gasteiger partial charge is 0.196 e. The predicted octanol–water partition coefficient (Wildman–Crippen LogP) is 7.68. The van der Waals surface area contributed by atoms with E-state index in [0.717, 1.165) is 17.5 Å². The molecule has 0 heterocycles. The standard InChI is InChI=1S/C17H18O2.C16H16O2/c1-2-13-19-17(15-11-7-4-8-12-15)16(18)14-9-5-3-6-10-14;1-2-18-16(14-11-7-4-8-12-14)15(17)13-9-5-3-6-10-13/h3-12,17H,2,13H2,1H3;3-12,16H,2H2,1H3. The van der Waals surface area contributed by atoms with E-state index in [9.17, 15) is 9.59 Å². The molecule has 2 unspecified atom stereocenters. The van der Waals surface area contributed by atoms with Crippen LogP contribution in [0.3, 0.4) is 0 Å². The molecule has 0 amide bonds. The highest BCUT2D eigenvalue weighted by molar-refractivity contribution is 6.00. The maximum atomic E-state index is 12.5. The largest absolute Gasteiger partial charge is 0.366 e. The van der Waals surface area contributed by atoms with Crippen LogP contribution < -0.4 is 0 Å². The molecule has 0 aliphatic rings. The summed E-state index contributed by atoms with van der Waals surface area (Å²) in [5.41, 5.74) is 3.17. The van der Waals surface area contributed by atoms with Crippen molar-refractivity contribution >= 4 is 11.6 Å². The number of Topliss-reactive ketones (excluding diaryl/α,β-unsaturated/α-hetero) is 2. The molecule has 4 aromatic carbocycles. The molecule has 4 nitrogen and oxygen atoms in total. The first-order valence-corrected chi connectivity index (χ1v) is 12.7. The van der Waals surface area contributed by atoms with Crippen molar-refractivity contribution < 1.29 is 19.1 Å². The summed E-state index contributed by atoms with van der Waals surface area (Å²) in [4.78, 5) is 24.9. The van der Waals surface area contributed by atoms with Crippen molar-refractivity contribution in [2.45, 2.75) is 32.5 Å². The van der Waals surface area contributed by atoms with Crippen LogP contribution in [-0.2, 0) is 9.47 Å². The second-order valence-electron chi connectivity index (χ2n) is 8.37. The van der Waals surface area contributed by atoms with E-state index < -0.39 is 12.2 Å². The molecule has 0 saturated carbocycles. The highest BCUT2D eigenvalue weighted by Gasteiger charge is 2.23. The second kappa shape index (κ2) is 15.3. The lowest BCUT2D eigenvalue weighted by atomic mass is 10.00. The molecule has 4 aromatic rings. The Bertz CT molecular complexity index is 1190. The number of ketones is 2. The molecular weight excluding hydrogens is 460 g/mol. The van der Waals surface area contributed by atoms with Crippen LogP contribution in [0.2, 0.25) is 0 Å². The van der Waals surface area contributed by atoms with Crippen LogP contribution in [0.15, 0.2) is 121 Å². The summed E-state index contributed by atoms with van der Waals surface area (Å²) in [5.74, 6) is 0.0175. The van der Waals surface area contributed by atoms with E-state index in [2.05, 4.69) is 0 Å². The molecule has 190 valence electrons. The number of rotatable bonds is 11. The van der Waals surface area contributed by atoms with Crippen molar-refractivity contribution in [1.82, 2.24) is 0 Å². The third-order valence-electron chi connectivity index (χ3n) is 5.62. The second-order valence-corrected chi connectivity index (χ2v) is 8.37. The van der Waals surface area contributed by atoms with Gasteiger partial charge in [-0.25, -0.2) is 0 Å². The molecule has 0 aliphatic carbocycles. The van der Waals surface area contributed by atoms with Gasteiger partial charge in [-0.15, -0.1) is 0 Å². The minimum absolute atomic E-state index is 0.00338. The zero-order valence-electron chi connectivity index (χ0n) is 21.5. The summed E-state index contributed by atoms with van der Waals surface area (Å²) in [6.07, 6.45) is -0.132. The van der Waals surface area contributed by atoms with Crippen molar-refractivity contribution in [3.8, 4) is 0 Å². The van der Waals surface area contributed by atoms with E-state index in [1.807, 2.05) is 135 Å². The van der Waals surface area contributed by atoms with Gasteiger partial charge in [0.2, 0.25) is 0 Å². The molecular formula is C33H34O4. The number of carbonyl (C=O) groups excluding carboxylic acids is 2. The number of carbonyl (C=O) groups is 2. The summed E-state index contributed by atoms with van der Waals surface area (Å²) in [7, 11) is 0. The van der Waals surface area contributed by atoms with E-state index >= 15 is 0 Å². The summed E-state index contributed by atoms with van der Waals surface area (Å²) in [6, 6.07) is 37.8. The van der Waals surface area contributed by atoms with Crippen LogP contribution >= 0.6 is 0 Å². The highest BCUT2D eigenvalue weighted by Crippen LogP contribution is 2.23. The molecule has 0 radical (unpaired) electrons. The lowest BCUT2D eigenvalue weighted by molar-refractivity contribution is 0.0407. The van der Waals surface area contributed by atoms with Gasteiger partial charge in [0.1, 0.15) is 12.2 Å². The quantitative estimate of drug-likeness (QED) is 0.201. The molecule has 4 rings (SSSR count). The van der Waals surface area contributed by atoms with Gasteiger partial charge in [-0.1, -0.05) is 128 Å². The summed E-state index contributed by atoms with van der Waals surface area (Å²) < 4.78 is 11.3.